The zero-order valence-electron chi connectivity index (χ0n) is 10.2. The first kappa shape index (κ1) is 13.0. The standard InChI is InChI=1S/C14H12F2N2O/c1-17-11-5-2-9(3-6-11)14(19)18-13-8-10(15)4-7-12(13)16/h2-8,17H,1H3,(H,18,19). The van der Waals surface area contributed by atoms with Gasteiger partial charge in [0.1, 0.15) is 11.6 Å². The second kappa shape index (κ2) is 5.48. The first-order valence-electron chi connectivity index (χ1n) is 5.64. The molecular formula is C14H12F2N2O. The minimum Gasteiger partial charge on any atom is -0.388 e. The number of nitrogens with one attached hydrogen (secondary N) is 2. The van der Waals surface area contributed by atoms with E-state index >= 15 is 0 Å². The third-order valence-electron chi connectivity index (χ3n) is 2.61. The molecule has 0 bridgehead atoms. The number of anilines is 2. The number of rotatable bonds is 3. The number of hydrogen-bond acceptors (Lipinski definition) is 2. The highest BCUT2D eigenvalue weighted by molar-refractivity contribution is 6.04. The lowest BCUT2D eigenvalue weighted by atomic mass is 10.2. The van der Waals surface area contributed by atoms with Crippen LogP contribution in [0.3, 0.4) is 0 Å². The van der Waals surface area contributed by atoms with Gasteiger partial charge < -0.3 is 10.6 Å². The zero-order chi connectivity index (χ0) is 13.8. The molecule has 2 aromatic rings. The maximum Gasteiger partial charge on any atom is 0.255 e. The van der Waals surface area contributed by atoms with E-state index in [-0.39, 0.29) is 5.69 Å². The summed E-state index contributed by atoms with van der Waals surface area (Å²) in [7, 11) is 1.76. The molecule has 0 aromatic heterocycles. The van der Waals surface area contributed by atoms with Gasteiger partial charge in [0.05, 0.1) is 5.69 Å². The van der Waals surface area contributed by atoms with Gasteiger partial charge in [0.15, 0.2) is 0 Å². The van der Waals surface area contributed by atoms with E-state index in [0.29, 0.717) is 5.56 Å². The van der Waals surface area contributed by atoms with E-state index in [1.165, 1.54) is 0 Å². The Morgan fingerprint density at radius 2 is 1.74 bits per heavy atom. The Morgan fingerprint density at radius 1 is 1.05 bits per heavy atom. The highest BCUT2D eigenvalue weighted by Gasteiger charge is 2.10. The van der Waals surface area contributed by atoms with Gasteiger partial charge in [0.2, 0.25) is 0 Å². The number of benzene rings is 2. The Bertz CT molecular complexity index is 597. The second-order valence-electron chi connectivity index (χ2n) is 3.91. The van der Waals surface area contributed by atoms with Gasteiger partial charge in [-0.1, -0.05) is 0 Å². The van der Waals surface area contributed by atoms with E-state index in [0.717, 1.165) is 23.9 Å². The van der Waals surface area contributed by atoms with Crippen LogP contribution in [0.25, 0.3) is 0 Å². The molecular weight excluding hydrogens is 250 g/mol. The van der Waals surface area contributed by atoms with E-state index in [1.54, 1.807) is 31.3 Å². The number of carbonyl (C=O) groups excluding carboxylic acids is 1. The molecule has 0 heterocycles. The van der Waals surface area contributed by atoms with Crippen LogP contribution >= 0.6 is 0 Å². The van der Waals surface area contributed by atoms with Gasteiger partial charge in [-0.15, -0.1) is 0 Å². The lowest BCUT2D eigenvalue weighted by molar-refractivity contribution is 0.102. The molecule has 1 amide bonds. The minimum absolute atomic E-state index is 0.178. The molecule has 2 rings (SSSR count). The van der Waals surface area contributed by atoms with Crippen LogP contribution in [-0.4, -0.2) is 13.0 Å². The Labute approximate surface area is 109 Å². The smallest absolute Gasteiger partial charge is 0.255 e. The Balaban J connectivity index is 2.18. The van der Waals surface area contributed by atoms with E-state index in [4.69, 9.17) is 0 Å². The van der Waals surface area contributed by atoms with Crippen molar-refractivity contribution in [1.82, 2.24) is 0 Å². The average Bonchev–Trinajstić information content (AvgIpc) is 2.43. The summed E-state index contributed by atoms with van der Waals surface area (Å²) < 4.78 is 26.3. The largest absolute Gasteiger partial charge is 0.388 e. The summed E-state index contributed by atoms with van der Waals surface area (Å²) in [6, 6.07) is 9.53. The third-order valence-corrected chi connectivity index (χ3v) is 2.61. The van der Waals surface area contributed by atoms with E-state index in [2.05, 4.69) is 10.6 Å². The zero-order valence-corrected chi connectivity index (χ0v) is 10.2. The van der Waals surface area contributed by atoms with Crippen LogP contribution in [0.2, 0.25) is 0 Å². The first-order valence-corrected chi connectivity index (χ1v) is 5.64. The van der Waals surface area contributed by atoms with Crippen molar-refractivity contribution in [2.45, 2.75) is 0 Å². The van der Waals surface area contributed by atoms with Gasteiger partial charge in [0, 0.05) is 24.4 Å². The van der Waals surface area contributed by atoms with Gasteiger partial charge in [-0.05, 0) is 36.4 Å². The highest BCUT2D eigenvalue weighted by atomic mass is 19.1. The average molecular weight is 262 g/mol. The molecule has 19 heavy (non-hydrogen) atoms. The summed E-state index contributed by atoms with van der Waals surface area (Å²) in [4.78, 5) is 11.9. The molecule has 0 radical (unpaired) electrons. The van der Waals surface area contributed by atoms with Gasteiger partial charge in [-0.25, -0.2) is 8.78 Å². The van der Waals surface area contributed by atoms with Crippen molar-refractivity contribution in [3.8, 4) is 0 Å². The summed E-state index contributed by atoms with van der Waals surface area (Å²) in [6.45, 7) is 0. The Kier molecular flexibility index (Phi) is 3.75. The molecule has 0 fully saturated rings. The molecule has 0 atom stereocenters. The first-order chi connectivity index (χ1) is 9.10. The monoisotopic (exact) mass is 262 g/mol. The topological polar surface area (TPSA) is 41.1 Å². The summed E-state index contributed by atoms with van der Waals surface area (Å²) >= 11 is 0. The normalized spacial score (nSPS) is 10.1. The molecule has 0 aliphatic carbocycles. The predicted octanol–water partition coefficient (Wildman–Crippen LogP) is 3.26. The SMILES string of the molecule is CNc1ccc(C(=O)Nc2cc(F)ccc2F)cc1. The summed E-state index contributed by atoms with van der Waals surface area (Å²) in [5.41, 5.74) is 1.04. The number of halogens is 2. The van der Waals surface area contributed by atoms with Crippen molar-refractivity contribution < 1.29 is 13.6 Å². The number of hydrogen-bond donors (Lipinski definition) is 2. The van der Waals surface area contributed by atoms with Crippen molar-refractivity contribution in [2.75, 3.05) is 17.7 Å². The van der Waals surface area contributed by atoms with Crippen LogP contribution in [0.15, 0.2) is 42.5 Å². The van der Waals surface area contributed by atoms with Crippen LogP contribution in [0, 0.1) is 11.6 Å². The highest BCUT2D eigenvalue weighted by Crippen LogP contribution is 2.17. The van der Waals surface area contributed by atoms with Crippen molar-refractivity contribution in [3.05, 3.63) is 59.7 Å². The van der Waals surface area contributed by atoms with Crippen LogP contribution in [0.1, 0.15) is 10.4 Å². The lowest BCUT2D eigenvalue weighted by Crippen LogP contribution is -2.13. The van der Waals surface area contributed by atoms with E-state index in [9.17, 15) is 13.6 Å². The fourth-order valence-electron chi connectivity index (χ4n) is 1.58. The molecule has 0 unspecified atom stereocenters. The van der Waals surface area contributed by atoms with Crippen LogP contribution in [0.5, 0.6) is 0 Å². The van der Waals surface area contributed by atoms with Gasteiger partial charge in [0.25, 0.3) is 5.91 Å². The van der Waals surface area contributed by atoms with Crippen molar-refractivity contribution >= 4 is 17.3 Å². The van der Waals surface area contributed by atoms with Crippen LogP contribution < -0.4 is 10.6 Å². The van der Waals surface area contributed by atoms with Gasteiger partial charge in [-0.2, -0.15) is 0 Å². The van der Waals surface area contributed by atoms with Gasteiger partial charge in [-0.3, -0.25) is 4.79 Å². The lowest BCUT2D eigenvalue weighted by Gasteiger charge is -2.07. The molecule has 0 saturated carbocycles. The summed E-state index contributed by atoms with van der Waals surface area (Å²) in [5.74, 6) is -1.78. The molecule has 0 spiro atoms. The summed E-state index contributed by atoms with van der Waals surface area (Å²) in [6.07, 6.45) is 0. The Hall–Kier alpha value is -2.43. The van der Waals surface area contributed by atoms with Crippen LogP contribution in [0.4, 0.5) is 20.2 Å². The van der Waals surface area contributed by atoms with Crippen LogP contribution in [-0.2, 0) is 0 Å². The predicted molar refractivity (Wildman–Crippen MR) is 70.3 cm³/mol. The third kappa shape index (κ3) is 3.07. The number of amides is 1. The summed E-state index contributed by atoms with van der Waals surface area (Å²) in [5, 5.41) is 5.25. The van der Waals surface area contributed by atoms with Crippen molar-refractivity contribution in [2.24, 2.45) is 0 Å². The molecule has 3 nitrogen and oxygen atoms in total. The molecule has 5 heteroatoms. The number of carbonyl (C=O) groups is 1. The second-order valence-corrected chi connectivity index (χ2v) is 3.91. The molecule has 0 aliphatic rings. The fourth-order valence-corrected chi connectivity index (χ4v) is 1.58. The molecule has 0 aliphatic heterocycles. The fraction of sp³-hybridized carbons (Fsp3) is 0.0714. The van der Waals surface area contributed by atoms with Gasteiger partial charge >= 0.3 is 0 Å². The minimum atomic E-state index is -0.679. The van der Waals surface area contributed by atoms with Crippen molar-refractivity contribution in [1.29, 1.82) is 0 Å². The quantitative estimate of drug-likeness (QED) is 0.891. The molecule has 2 N–H and O–H groups in total. The maximum absolute atomic E-state index is 13.4. The molecule has 2 aromatic carbocycles. The van der Waals surface area contributed by atoms with E-state index < -0.39 is 17.5 Å². The van der Waals surface area contributed by atoms with Crippen molar-refractivity contribution in [3.63, 3.8) is 0 Å². The Morgan fingerprint density at radius 3 is 2.37 bits per heavy atom. The molecule has 0 saturated heterocycles. The maximum atomic E-state index is 13.4. The molecule has 98 valence electrons. The van der Waals surface area contributed by atoms with E-state index in [1.807, 2.05) is 0 Å².